The van der Waals surface area contributed by atoms with E-state index in [1.807, 2.05) is 0 Å². The molecule has 0 saturated carbocycles. The summed E-state index contributed by atoms with van der Waals surface area (Å²) in [6, 6.07) is 8.44. The predicted molar refractivity (Wildman–Crippen MR) is 77.0 cm³/mol. The van der Waals surface area contributed by atoms with Crippen LogP contribution >= 0.6 is 11.6 Å². The number of nitrogens with one attached hydrogen (secondary N) is 2. The third-order valence-corrected chi connectivity index (χ3v) is 3.35. The fraction of sp³-hybridized carbons (Fsp3) is 0.0769. The molecule has 20 heavy (non-hydrogen) atoms. The summed E-state index contributed by atoms with van der Waals surface area (Å²) in [6.45, 7) is 0.0475. The topological polar surface area (TPSA) is 96.2 Å². The molecule has 0 atom stereocenters. The molecule has 0 aliphatic carbocycles. The highest BCUT2D eigenvalue weighted by Gasteiger charge is 2.11. The van der Waals surface area contributed by atoms with E-state index < -0.39 is 0 Å². The van der Waals surface area contributed by atoms with Crippen LogP contribution in [0.2, 0.25) is 5.02 Å². The minimum atomic E-state index is -0.367. The highest BCUT2D eigenvalue weighted by Crippen LogP contribution is 2.19. The smallest absolute Gasteiger partial charge is 0.273 e. The number of aromatic amines is 2. The number of hydrogen-bond donors (Lipinski definition) is 3. The zero-order valence-corrected chi connectivity index (χ0v) is 11.1. The Bertz CT molecular complexity index is 889. The van der Waals surface area contributed by atoms with Crippen LogP contribution in [-0.2, 0) is 6.54 Å². The molecule has 0 bridgehead atoms. The van der Waals surface area contributed by atoms with Gasteiger partial charge in [0.25, 0.3) is 11.1 Å². The van der Waals surface area contributed by atoms with Crippen LogP contribution in [0.25, 0.3) is 16.9 Å². The average Bonchev–Trinajstić information content (AvgIpc) is 2.75. The Morgan fingerprint density at radius 3 is 2.55 bits per heavy atom. The lowest BCUT2D eigenvalue weighted by Gasteiger charge is -2.04. The van der Waals surface area contributed by atoms with Crippen LogP contribution in [0.3, 0.4) is 0 Å². The quantitative estimate of drug-likeness (QED) is 0.659. The molecule has 0 unspecified atom stereocenters. The van der Waals surface area contributed by atoms with Gasteiger partial charge in [0.15, 0.2) is 0 Å². The van der Waals surface area contributed by atoms with Gasteiger partial charge in [0.1, 0.15) is 5.65 Å². The molecule has 102 valence electrons. The summed E-state index contributed by atoms with van der Waals surface area (Å²) in [4.78, 5) is 26.8. The lowest BCUT2D eigenvalue weighted by Crippen LogP contribution is -2.15. The van der Waals surface area contributed by atoms with Crippen molar-refractivity contribution in [1.82, 2.24) is 14.6 Å². The molecule has 0 saturated heterocycles. The molecule has 3 rings (SSSR count). The maximum atomic E-state index is 12.0. The Kier molecular flexibility index (Phi) is 2.96. The first kappa shape index (κ1) is 12.7. The maximum absolute atomic E-state index is 12.0. The molecule has 0 aliphatic rings. The van der Waals surface area contributed by atoms with Gasteiger partial charge in [-0.05, 0) is 17.7 Å². The first-order chi connectivity index (χ1) is 9.60. The molecule has 0 radical (unpaired) electrons. The normalized spacial score (nSPS) is 11.1. The van der Waals surface area contributed by atoms with Crippen LogP contribution in [0.15, 0.2) is 39.9 Å². The molecular weight excluding hydrogens is 280 g/mol. The monoisotopic (exact) mass is 290 g/mol. The van der Waals surface area contributed by atoms with Gasteiger partial charge in [0.2, 0.25) is 0 Å². The lowest BCUT2D eigenvalue weighted by molar-refractivity contribution is 0.884. The van der Waals surface area contributed by atoms with Gasteiger partial charge in [0.05, 0.1) is 11.3 Å². The molecule has 0 aliphatic heterocycles. The first-order valence-electron chi connectivity index (χ1n) is 5.93. The second-order valence-electron chi connectivity index (χ2n) is 4.34. The van der Waals surface area contributed by atoms with Gasteiger partial charge >= 0.3 is 0 Å². The van der Waals surface area contributed by atoms with E-state index in [1.165, 1.54) is 6.07 Å². The minimum Gasteiger partial charge on any atom is -0.339 e. The van der Waals surface area contributed by atoms with Crippen molar-refractivity contribution in [3.63, 3.8) is 0 Å². The van der Waals surface area contributed by atoms with Crippen molar-refractivity contribution in [2.45, 2.75) is 6.54 Å². The number of halogens is 1. The van der Waals surface area contributed by atoms with E-state index in [2.05, 4.69) is 10.1 Å². The van der Waals surface area contributed by atoms with Crippen LogP contribution in [0.5, 0.6) is 0 Å². The zero-order valence-electron chi connectivity index (χ0n) is 10.3. The summed E-state index contributed by atoms with van der Waals surface area (Å²) in [5.41, 5.74) is 6.97. The average molecular weight is 291 g/mol. The summed E-state index contributed by atoms with van der Waals surface area (Å²) in [5.74, 6) is 0. The van der Waals surface area contributed by atoms with Gasteiger partial charge in [0, 0.05) is 17.6 Å². The van der Waals surface area contributed by atoms with Crippen molar-refractivity contribution in [1.29, 1.82) is 0 Å². The summed E-state index contributed by atoms with van der Waals surface area (Å²) in [6.07, 6.45) is 0. The van der Waals surface area contributed by atoms with Gasteiger partial charge in [-0.3, -0.25) is 14.7 Å². The Morgan fingerprint density at radius 2 is 1.90 bits per heavy atom. The lowest BCUT2D eigenvalue weighted by atomic mass is 10.1. The Balaban J connectivity index is 2.30. The molecule has 4 N–H and O–H groups in total. The van der Waals surface area contributed by atoms with E-state index in [9.17, 15) is 9.59 Å². The highest BCUT2D eigenvalue weighted by atomic mass is 35.5. The molecule has 0 spiro atoms. The number of H-pyrrole nitrogens is 2. The standard InChI is InChI=1S/C13H11ClN4O2/c14-8-3-1-7(2-4-8)10-5-11(19)18-12(16-10)9(6-15)13(20)17-18/h1-5,16H,6,15H2,(H,17,20). The molecular formula is C13H11ClN4O2. The van der Waals surface area contributed by atoms with E-state index in [0.29, 0.717) is 21.9 Å². The van der Waals surface area contributed by atoms with E-state index in [4.69, 9.17) is 17.3 Å². The number of benzene rings is 1. The van der Waals surface area contributed by atoms with Crippen molar-refractivity contribution < 1.29 is 0 Å². The van der Waals surface area contributed by atoms with Crippen molar-refractivity contribution in [2.75, 3.05) is 0 Å². The summed E-state index contributed by atoms with van der Waals surface area (Å²) >= 11 is 5.84. The molecule has 6 nitrogen and oxygen atoms in total. The molecule has 1 aromatic carbocycles. The predicted octanol–water partition coefficient (Wildman–Crippen LogP) is 1.09. The maximum Gasteiger partial charge on any atom is 0.273 e. The van der Waals surface area contributed by atoms with Crippen LogP contribution in [-0.4, -0.2) is 14.6 Å². The van der Waals surface area contributed by atoms with E-state index in [0.717, 1.165) is 10.1 Å². The molecule has 3 aromatic rings. The minimum absolute atomic E-state index is 0.0475. The summed E-state index contributed by atoms with van der Waals surface area (Å²) in [5, 5.41) is 3.06. The molecule has 2 heterocycles. The Hall–Kier alpha value is -2.31. The second-order valence-corrected chi connectivity index (χ2v) is 4.77. The van der Waals surface area contributed by atoms with Crippen LogP contribution in [0, 0.1) is 0 Å². The van der Waals surface area contributed by atoms with Crippen molar-refractivity contribution in [3.8, 4) is 11.3 Å². The van der Waals surface area contributed by atoms with Crippen molar-refractivity contribution in [2.24, 2.45) is 5.73 Å². The molecule has 7 heteroatoms. The fourth-order valence-corrected chi connectivity index (χ4v) is 2.22. The zero-order chi connectivity index (χ0) is 14.3. The third-order valence-electron chi connectivity index (χ3n) is 3.10. The second kappa shape index (κ2) is 4.66. The van der Waals surface area contributed by atoms with Crippen LogP contribution in [0.4, 0.5) is 0 Å². The van der Waals surface area contributed by atoms with Gasteiger partial charge in [-0.15, -0.1) is 0 Å². The number of aromatic nitrogens is 3. The van der Waals surface area contributed by atoms with E-state index in [1.54, 1.807) is 24.3 Å². The van der Waals surface area contributed by atoms with Crippen LogP contribution in [0.1, 0.15) is 5.56 Å². The first-order valence-corrected chi connectivity index (χ1v) is 6.31. The summed E-state index contributed by atoms with van der Waals surface area (Å²) in [7, 11) is 0. The van der Waals surface area contributed by atoms with Gasteiger partial charge < -0.3 is 10.7 Å². The van der Waals surface area contributed by atoms with E-state index >= 15 is 0 Å². The number of hydrogen-bond acceptors (Lipinski definition) is 3. The highest BCUT2D eigenvalue weighted by molar-refractivity contribution is 6.30. The van der Waals surface area contributed by atoms with Crippen molar-refractivity contribution >= 4 is 17.2 Å². The molecule has 0 fully saturated rings. The Morgan fingerprint density at radius 1 is 1.20 bits per heavy atom. The fourth-order valence-electron chi connectivity index (χ4n) is 2.09. The van der Waals surface area contributed by atoms with Gasteiger partial charge in [-0.1, -0.05) is 23.7 Å². The SMILES string of the molecule is NCc1c(=O)[nH]n2c(=O)cc(-c3ccc(Cl)cc3)[nH]c12. The van der Waals surface area contributed by atoms with Crippen molar-refractivity contribution in [3.05, 3.63) is 61.6 Å². The number of fused-ring (bicyclic) bond motifs is 1. The third kappa shape index (κ3) is 1.95. The molecule has 2 aromatic heterocycles. The summed E-state index contributed by atoms with van der Waals surface area (Å²) < 4.78 is 1.16. The van der Waals surface area contributed by atoms with Gasteiger partial charge in [-0.2, -0.15) is 0 Å². The number of nitrogens with two attached hydrogens (primary N) is 1. The Labute approximate surface area is 117 Å². The molecule has 0 amide bonds. The van der Waals surface area contributed by atoms with Crippen LogP contribution < -0.4 is 16.9 Å². The largest absolute Gasteiger partial charge is 0.339 e. The number of nitrogens with zero attached hydrogens (tertiary/aromatic N) is 1. The number of rotatable bonds is 2. The van der Waals surface area contributed by atoms with E-state index in [-0.39, 0.29) is 17.7 Å². The van der Waals surface area contributed by atoms with Gasteiger partial charge in [-0.25, -0.2) is 4.52 Å².